The summed E-state index contributed by atoms with van der Waals surface area (Å²) in [7, 11) is 0. The molecule has 1 heterocycles. The van der Waals surface area contributed by atoms with E-state index in [4.69, 9.17) is 0 Å². The van der Waals surface area contributed by atoms with E-state index in [-0.39, 0.29) is 5.41 Å². The van der Waals surface area contributed by atoms with Crippen molar-refractivity contribution in [2.45, 2.75) is 43.7 Å². The molecule has 0 radical (unpaired) electrons. The van der Waals surface area contributed by atoms with Gasteiger partial charge in [0.2, 0.25) is 5.16 Å². The standard InChI is InChI=1S/C20H23N3OS/c24-17(20-9-13-6-14(10-20)8-15(7-13)11-20)12-25-19-21-18(22-23-19)16-4-2-1-3-5-16/h1-5,13-15H,6-12H2,(H,21,22,23). The molecule has 6 rings (SSSR count). The van der Waals surface area contributed by atoms with Crippen LogP contribution in [0.1, 0.15) is 38.5 Å². The van der Waals surface area contributed by atoms with E-state index in [0.717, 1.165) is 48.4 Å². The van der Waals surface area contributed by atoms with Gasteiger partial charge >= 0.3 is 0 Å². The Balaban J connectivity index is 1.26. The van der Waals surface area contributed by atoms with Gasteiger partial charge in [0.05, 0.1) is 5.75 Å². The van der Waals surface area contributed by atoms with Crippen LogP contribution >= 0.6 is 11.8 Å². The number of rotatable bonds is 5. The summed E-state index contributed by atoms with van der Waals surface area (Å²) in [6.45, 7) is 0. The summed E-state index contributed by atoms with van der Waals surface area (Å²) in [6.07, 6.45) is 7.55. The van der Waals surface area contributed by atoms with Crippen LogP contribution in [0.15, 0.2) is 35.5 Å². The average Bonchev–Trinajstić information content (AvgIpc) is 3.08. The van der Waals surface area contributed by atoms with Crippen LogP contribution in [-0.4, -0.2) is 26.7 Å². The van der Waals surface area contributed by atoms with Crippen molar-refractivity contribution in [2.24, 2.45) is 23.2 Å². The van der Waals surface area contributed by atoms with E-state index in [9.17, 15) is 4.79 Å². The number of ketones is 1. The number of hydrogen-bond donors (Lipinski definition) is 1. The number of aromatic amines is 1. The largest absolute Gasteiger partial charge is 0.298 e. The van der Waals surface area contributed by atoms with Gasteiger partial charge in [-0.3, -0.25) is 9.89 Å². The molecule has 0 saturated heterocycles. The van der Waals surface area contributed by atoms with E-state index in [1.165, 1.54) is 31.0 Å². The van der Waals surface area contributed by atoms with E-state index in [0.29, 0.717) is 16.7 Å². The zero-order valence-corrected chi connectivity index (χ0v) is 15.1. The van der Waals surface area contributed by atoms with E-state index in [1.54, 1.807) is 0 Å². The van der Waals surface area contributed by atoms with Gasteiger partial charge in [0.15, 0.2) is 5.82 Å². The molecule has 4 nitrogen and oxygen atoms in total. The predicted molar refractivity (Wildman–Crippen MR) is 98.2 cm³/mol. The Morgan fingerprint density at radius 2 is 1.72 bits per heavy atom. The van der Waals surface area contributed by atoms with Crippen LogP contribution in [0.5, 0.6) is 0 Å². The number of aromatic nitrogens is 3. The van der Waals surface area contributed by atoms with E-state index < -0.39 is 0 Å². The smallest absolute Gasteiger partial charge is 0.209 e. The van der Waals surface area contributed by atoms with Gasteiger partial charge in [0.25, 0.3) is 0 Å². The zero-order valence-electron chi connectivity index (χ0n) is 14.3. The molecule has 1 N–H and O–H groups in total. The Bertz CT molecular complexity index is 750. The quantitative estimate of drug-likeness (QED) is 0.812. The molecule has 0 spiro atoms. The summed E-state index contributed by atoms with van der Waals surface area (Å²) in [4.78, 5) is 17.6. The lowest BCUT2D eigenvalue weighted by molar-refractivity contribution is -0.141. The molecule has 0 unspecified atom stereocenters. The van der Waals surface area contributed by atoms with E-state index >= 15 is 0 Å². The number of carbonyl (C=O) groups is 1. The Kier molecular flexibility index (Phi) is 3.73. The van der Waals surface area contributed by atoms with Crippen molar-refractivity contribution in [1.82, 2.24) is 15.2 Å². The predicted octanol–water partition coefficient (Wildman–Crippen LogP) is 4.35. The molecule has 1 aromatic carbocycles. The topological polar surface area (TPSA) is 58.6 Å². The van der Waals surface area contributed by atoms with Crippen molar-refractivity contribution in [2.75, 3.05) is 5.75 Å². The third-order valence-corrected chi connectivity index (χ3v) is 7.32. The second kappa shape index (κ2) is 5.97. The van der Waals surface area contributed by atoms with Gasteiger partial charge in [-0.05, 0) is 56.3 Å². The highest BCUT2D eigenvalue weighted by Crippen LogP contribution is 2.60. The molecule has 130 valence electrons. The summed E-state index contributed by atoms with van der Waals surface area (Å²) in [5, 5.41) is 7.95. The van der Waals surface area contributed by atoms with Gasteiger partial charge in [0.1, 0.15) is 5.78 Å². The maximum Gasteiger partial charge on any atom is 0.209 e. The lowest BCUT2D eigenvalue weighted by atomic mass is 9.48. The lowest BCUT2D eigenvalue weighted by Gasteiger charge is -2.56. The summed E-state index contributed by atoms with van der Waals surface area (Å²) in [6, 6.07) is 9.98. The van der Waals surface area contributed by atoms with Crippen LogP contribution in [0.2, 0.25) is 0 Å². The fourth-order valence-corrected chi connectivity index (χ4v) is 6.60. The summed E-state index contributed by atoms with van der Waals surface area (Å²) < 4.78 is 0. The molecule has 0 amide bonds. The minimum absolute atomic E-state index is 0.0136. The Labute approximate surface area is 152 Å². The Morgan fingerprint density at radius 1 is 1.08 bits per heavy atom. The highest BCUT2D eigenvalue weighted by atomic mass is 32.2. The first-order valence-corrected chi connectivity index (χ1v) is 10.3. The highest BCUT2D eigenvalue weighted by Gasteiger charge is 2.54. The van der Waals surface area contributed by atoms with Crippen LogP contribution in [0, 0.1) is 23.2 Å². The average molecular weight is 353 g/mol. The SMILES string of the molecule is O=C(CSc1n[nH]c(-c2ccccc2)n1)C12CC3CC(CC(C3)C1)C2. The van der Waals surface area contributed by atoms with Crippen molar-refractivity contribution < 1.29 is 4.79 Å². The second-order valence-corrected chi connectivity index (χ2v) is 9.18. The van der Waals surface area contributed by atoms with Gasteiger partial charge in [0, 0.05) is 11.0 Å². The number of benzene rings is 1. The maximum atomic E-state index is 13.1. The first-order valence-electron chi connectivity index (χ1n) is 9.34. The summed E-state index contributed by atoms with van der Waals surface area (Å²) in [5.41, 5.74) is 1.01. The van der Waals surface area contributed by atoms with Crippen LogP contribution in [0.4, 0.5) is 0 Å². The molecule has 0 aliphatic heterocycles. The lowest BCUT2D eigenvalue weighted by Crippen LogP contribution is -2.50. The number of nitrogens with zero attached hydrogens (tertiary/aromatic N) is 2. The van der Waals surface area contributed by atoms with Gasteiger partial charge in [-0.1, -0.05) is 42.1 Å². The van der Waals surface area contributed by atoms with Gasteiger partial charge < -0.3 is 0 Å². The molecule has 2 aromatic rings. The van der Waals surface area contributed by atoms with Crippen LogP contribution in [-0.2, 0) is 4.79 Å². The number of nitrogens with one attached hydrogen (secondary N) is 1. The number of H-pyrrole nitrogens is 1. The third kappa shape index (κ3) is 2.82. The molecule has 4 aliphatic rings. The molecular formula is C20H23N3OS. The molecular weight excluding hydrogens is 330 g/mol. The van der Waals surface area contributed by atoms with Crippen LogP contribution < -0.4 is 0 Å². The molecule has 4 saturated carbocycles. The van der Waals surface area contributed by atoms with E-state index in [2.05, 4.69) is 15.2 Å². The van der Waals surface area contributed by atoms with Crippen molar-refractivity contribution in [3.8, 4) is 11.4 Å². The van der Waals surface area contributed by atoms with Crippen molar-refractivity contribution >= 4 is 17.5 Å². The maximum absolute atomic E-state index is 13.1. The Morgan fingerprint density at radius 3 is 2.36 bits per heavy atom. The molecule has 1 aromatic heterocycles. The first-order chi connectivity index (χ1) is 12.2. The molecule has 0 atom stereocenters. The summed E-state index contributed by atoms with van der Waals surface area (Å²) in [5.74, 6) is 4.17. The second-order valence-electron chi connectivity index (χ2n) is 8.24. The number of carbonyl (C=O) groups excluding carboxylic acids is 1. The van der Waals surface area contributed by atoms with Gasteiger partial charge in [-0.15, -0.1) is 5.10 Å². The summed E-state index contributed by atoms with van der Waals surface area (Å²) >= 11 is 1.49. The minimum Gasteiger partial charge on any atom is -0.298 e. The normalized spacial score (nSPS) is 32.9. The molecule has 25 heavy (non-hydrogen) atoms. The van der Waals surface area contributed by atoms with Crippen molar-refractivity contribution in [3.63, 3.8) is 0 Å². The molecule has 4 bridgehead atoms. The van der Waals surface area contributed by atoms with Crippen molar-refractivity contribution in [3.05, 3.63) is 30.3 Å². The number of Topliss-reactive ketones (excluding diaryl/α,β-unsaturated/α-hetero) is 1. The third-order valence-electron chi connectivity index (χ3n) is 6.47. The number of thioether (sulfide) groups is 1. The van der Waals surface area contributed by atoms with Crippen LogP contribution in [0.3, 0.4) is 0 Å². The zero-order chi connectivity index (χ0) is 16.9. The number of hydrogen-bond acceptors (Lipinski definition) is 4. The fraction of sp³-hybridized carbons (Fsp3) is 0.550. The van der Waals surface area contributed by atoms with Crippen LogP contribution in [0.25, 0.3) is 11.4 Å². The first kappa shape index (κ1) is 15.6. The Hall–Kier alpha value is -1.62. The monoisotopic (exact) mass is 353 g/mol. The molecule has 5 heteroatoms. The fourth-order valence-electron chi connectivity index (χ4n) is 5.77. The van der Waals surface area contributed by atoms with Crippen molar-refractivity contribution in [1.29, 1.82) is 0 Å². The molecule has 4 fully saturated rings. The van der Waals surface area contributed by atoms with Gasteiger partial charge in [-0.25, -0.2) is 4.98 Å². The highest BCUT2D eigenvalue weighted by molar-refractivity contribution is 7.99. The van der Waals surface area contributed by atoms with Gasteiger partial charge in [-0.2, -0.15) is 0 Å². The molecule has 4 aliphatic carbocycles. The minimum atomic E-state index is -0.0136. The van der Waals surface area contributed by atoms with E-state index in [1.807, 2.05) is 30.3 Å².